The highest BCUT2D eigenvalue weighted by molar-refractivity contribution is 5.44. The van der Waals surface area contributed by atoms with E-state index in [9.17, 15) is 5.11 Å². The molecule has 1 N–H and O–H groups in total. The molecule has 2 heteroatoms. The first-order chi connectivity index (χ1) is 9.16. The number of fused-ring (bicyclic) bond motifs is 1. The molecule has 2 nitrogen and oxygen atoms in total. The number of rotatable bonds is 2. The SMILES string of the molecule is CC1CCCC(N(C)C2CCc3c(O)cccc32)C1. The maximum Gasteiger partial charge on any atom is 0.119 e. The summed E-state index contributed by atoms with van der Waals surface area (Å²) < 4.78 is 0. The Morgan fingerprint density at radius 2 is 2.05 bits per heavy atom. The molecule has 1 fully saturated rings. The van der Waals surface area contributed by atoms with Crippen LogP contribution in [0.15, 0.2) is 18.2 Å². The molecule has 3 rings (SSSR count). The van der Waals surface area contributed by atoms with Crippen molar-refractivity contribution in [2.45, 2.75) is 57.5 Å². The first kappa shape index (κ1) is 13.0. The van der Waals surface area contributed by atoms with Crippen molar-refractivity contribution in [3.8, 4) is 5.75 Å². The molecule has 19 heavy (non-hydrogen) atoms. The minimum absolute atomic E-state index is 0.491. The monoisotopic (exact) mass is 259 g/mol. The van der Waals surface area contributed by atoms with Crippen LogP contribution < -0.4 is 0 Å². The van der Waals surface area contributed by atoms with E-state index in [-0.39, 0.29) is 0 Å². The number of aromatic hydroxyl groups is 1. The van der Waals surface area contributed by atoms with Gasteiger partial charge in [-0.05, 0) is 55.8 Å². The molecule has 0 bridgehead atoms. The van der Waals surface area contributed by atoms with Gasteiger partial charge in [-0.3, -0.25) is 4.90 Å². The van der Waals surface area contributed by atoms with Gasteiger partial charge in [-0.1, -0.05) is 31.9 Å². The average Bonchev–Trinajstić information content (AvgIpc) is 2.83. The first-order valence-electron chi connectivity index (χ1n) is 7.69. The van der Waals surface area contributed by atoms with Gasteiger partial charge in [0.2, 0.25) is 0 Å². The number of phenolic OH excluding ortho intramolecular Hbond substituents is 1. The summed E-state index contributed by atoms with van der Waals surface area (Å²) in [5, 5.41) is 9.96. The van der Waals surface area contributed by atoms with Gasteiger partial charge in [0.1, 0.15) is 5.75 Å². The van der Waals surface area contributed by atoms with Crippen molar-refractivity contribution in [1.82, 2.24) is 4.90 Å². The smallest absolute Gasteiger partial charge is 0.119 e. The second-order valence-electron chi connectivity index (χ2n) is 6.49. The predicted molar refractivity (Wildman–Crippen MR) is 78.4 cm³/mol. The molecule has 3 unspecified atom stereocenters. The second-order valence-corrected chi connectivity index (χ2v) is 6.49. The minimum Gasteiger partial charge on any atom is -0.508 e. The van der Waals surface area contributed by atoms with Crippen LogP contribution in [0.2, 0.25) is 0 Å². The van der Waals surface area contributed by atoms with Crippen LogP contribution in [0.4, 0.5) is 0 Å². The first-order valence-corrected chi connectivity index (χ1v) is 7.69. The Morgan fingerprint density at radius 3 is 2.84 bits per heavy atom. The third-order valence-corrected chi connectivity index (χ3v) is 5.19. The Balaban J connectivity index is 1.79. The number of nitrogens with zero attached hydrogens (tertiary/aromatic N) is 1. The highest BCUT2D eigenvalue weighted by atomic mass is 16.3. The molecule has 2 aliphatic rings. The van der Waals surface area contributed by atoms with Crippen LogP contribution in [0.1, 0.15) is 56.2 Å². The van der Waals surface area contributed by atoms with E-state index in [1.54, 1.807) is 0 Å². The van der Waals surface area contributed by atoms with Crippen LogP contribution in [0.25, 0.3) is 0 Å². The third kappa shape index (κ3) is 2.38. The van der Waals surface area contributed by atoms with Gasteiger partial charge in [-0.2, -0.15) is 0 Å². The molecular weight excluding hydrogens is 234 g/mol. The molecule has 0 spiro atoms. The molecule has 0 aliphatic heterocycles. The van der Waals surface area contributed by atoms with Crippen LogP contribution in [-0.4, -0.2) is 23.1 Å². The molecule has 0 heterocycles. The summed E-state index contributed by atoms with van der Waals surface area (Å²) in [5.74, 6) is 1.36. The molecule has 2 aliphatic carbocycles. The number of hydrogen-bond donors (Lipinski definition) is 1. The maximum atomic E-state index is 9.96. The fourth-order valence-corrected chi connectivity index (χ4v) is 4.06. The van der Waals surface area contributed by atoms with Gasteiger partial charge < -0.3 is 5.11 Å². The van der Waals surface area contributed by atoms with E-state index in [0.29, 0.717) is 11.8 Å². The summed E-state index contributed by atoms with van der Waals surface area (Å²) in [4.78, 5) is 2.58. The quantitative estimate of drug-likeness (QED) is 0.871. The largest absolute Gasteiger partial charge is 0.508 e. The molecule has 1 aromatic rings. The number of hydrogen-bond acceptors (Lipinski definition) is 2. The fourth-order valence-electron chi connectivity index (χ4n) is 4.06. The van der Waals surface area contributed by atoms with Crippen LogP contribution in [-0.2, 0) is 6.42 Å². The number of phenols is 1. The van der Waals surface area contributed by atoms with Gasteiger partial charge in [-0.15, -0.1) is 0 Å². The van der Waals surface area contributed by atoms with Crippen molar-refractivity contribution < 1.29 is 5.11 Å². The lowest BCUT2D eigenvalue weighted by atomic mass is 9.85. The number of benzene rings is 1. The standard InChI is InChI=1S/C17H25NO/c1-12-5-3-6-13(11-12)18(2)16-10-9-15-14(16)7-4-8-17(15)19/h4,7-8,12-13,16,19H,3,5-6,9-11H2,1-2H3. The Bertz CT molecular complexity index is 457. The highest BCUT2D eigenvalue weighted by Crippen LogP contribution is 2.41. The van der Waals surface area contributed by atoms with E-state index in [4.69, 9.17) is 0 Å². The molecule has 0 radical (unpaired) electrons. The lowest BCUT2D eigenvalue weighted by Crippen LogP contribution is -2.37. The zero-order chi connectivity index (χ0) is 13.4. The topological polar surface area (TPSA) is 23.5 Å². The normalized spacial score (nSPS) is 30.6. The van der Waals surface area contributed by atoms with Gasteiger partial charge >= 0.3 is 0 Å². The molecule has 0 aromatic heterocycles. The fraction of sp³-hybridized carbons (Fsp3) is 0.647. The van der Waals surface area contributed by atoms with E-state index in [2.05, 4.69) is 24.9 Å². The van der Waals surface area contributed by atoms with Crippen molar-refractivity contribution in [1.29, 1.82) is 0 Å². The van der Waals surface area contributed by atoms with E-state index in [1.807, 2.05) is 12.1 Å². The highest BCUT2D eigenvalue weighted by Gasteiger charge is 2.32. The van der Waals surface area contributed by atoms with Gasteiger partial charge in [0.15, 0.2) is 0 Å². The van der Waals surface area contributed by atoms with Gasteiger partial charge in [0, 0.05) is 12.1 Å². The average molecular weight is 259 g/mol. The van der Waals surface area contributed by atoms with Crippen molar-refractivity contribution >= 4 is 0 Å². The van der Waals surface area contributed by atoms with E-state index >= 15 is 0 Å². The Kier molecular flexibility index (Phi) is 3.53. The summed E-state index contributed by atoms with van der Waals surface area (Å²) in [6, 6.07) is 7.25. The predicted octanol–water partition coefficient (Wildman–Crippen LogP) is 3.89. The van der Waals surface area contributed by atoms with Crippen molar-refractivity contribution in [3.05, 3.63) is 29.3 Å². The van der Waals surface area contributed by atoms with Crippen molar-refractivity contribution in [2.24, 2.45) is 5.92 Å². The molecular formula is C17H25NO. The Labute approximate surface area is 116 Å². The lowest BCUT2D eigenvalue weighted by molar-refractivity contribution is 0.118. The second kappa shape index (κ2) is 5.16. The third-order valence-electron chi connectivity index (χ3n) is 5.19. The summed E-state index contributed by atoms with van der Waals surface area (Å²) in [6.45, 7) is 2.38. The van der Waals surface area contributed by atoms with Crippen molar-refractivity contribution in [2.75, 3.05) is 7.05 Å². The summed E-state index contributed by atoms with van der Waals surface area (Å²) >= 11 is 0. The van der Waals surface area contributed by atoms with Crippen LogP contribution in [0, 0.1) is 5.92 Å². The molecule has 104 valence electrons. The van der Waals surface area contributed by atoms with Gasteiger partial charge in [0.05, 0.1) is 0 Å². The molecule has 3 atom stereocenters. The van der Waals surface area contributed by atoms with Crippen LogP contribution >= 0.6 is 0 Å². The minimum atomic E-state index is 0.491. The Hall–Kier alpha value is -1.02. The molecule has 0 amide bonds. The zero-order valence-electron chi connectivity index (χ0n) is 12.1. The van der Waals surface area contributed by atoms with Crippen molar-refractivity contribution in [3.63, 3.8) is 0 Å². The zero-order valence-corrected chi connectivity index (χ0v) is 12.1. The van der Waals surface area contributed by atoms with Gasteiger partial charge in [0.25, 0.3) is 0 Å². The lowest BCUT2D eigenvalue weighted by Gasteiger charge is -2.38. The van der Waals surface area contributed by atoms with E-state index in [0.717, 1.165) is 24.8 Å². The molecule has 1 aromatic carbocycles. The van der Waals surface area contributed by atoms with E-state index < -0.39 is 0 Å². The molecule has 0 saturated heterocycles. The molecule has 1 saturated carbocycles. The van der Waals surface area contributed by atoms with E-state index in [1.165, 1.54) is 36.8 Å². The van der Waals surface area contributed by atoms with Gasteiger partial charge in [-0.25, -0.2) is 0 Å². The van der Waals surface area contributed by atoms with Crippen LogP contribution in [0.3, 0.4) is 0 Å². The Morgan fingerprint density at radius 1 is 1.21 bits per heavy atom. The van der Waals surface area contributed by atoms with Crippen LogP contribution in [0.5, 0.6) is 5.75 Å². The summed E-state index contributed by atoms with van der Waals surface area (Å²) in [5.41, 5.74) is 2.55. The summed E-state index contributed by atoms with van der Waals surface area (Å²) in [6.07, 6.45) is 7.63. The summed E-state index contributed by atoms with van der Waals surface area (Å²) in [7, 11) is 2.28. The maximum absolute atomic E-state index is 9.96.